The summed E-state index contributed by atoms with van der Waals surface area (Å²) in [6.45, 7) is 5.08. The molecule has 0 saturated carbocycles. The van der Waals surface area contributed by atoms with Gasteiger partial charge in [0.15, 0.2) is 0 Å². The van der Waals surface area contributed by atoms with Crippen molar-refractivity contribution in [1.82, 2.24) is 4.98 Å². The second-order valence-electron chi connectivity index (χ2n) is 4.20. The van der Waals surface area contributed by atoms with Gasteiger partial charge in [-0.2, -0.15) is 5.26 Å². The van der Waals surface area contributed by atoms with Crippen molar-refractivity contribution >= 4 is 0 Å². The van der Waals surface area contributed by atoms with Gasteiger partial charge in [0.1, 0.15) is 11.8 Å². The number of unbranched alkanes of at least 4 members (excludes halogenated alkanes) is 1. The first-order chi connectivity index (χ1) is 8.30. The van der Waals surface area contributed by atoms with Crippen molar-refractivity contribution in [3.05, 3.63) is 23.9 Å². The van der Waals surface area contributed by atoms with Crippen LogP contribution < -0.4 is 4.74 Å². The molecule has 0 bridgehead atoms. The lowest BCUT2D eigenvalue weighted by Gasteiger charge is -2.14. The van der Waals surface area contributed by atoms with Crippen LogP contribution in [0.1, 0.15) is 45.2 Å². The van der Waals surface area contributed by atoms with E-state index < -0.39 is 0 Å². The maximum atomic E-state index is 8.73. The molecule has 3 heteroatoms. The van der Waals surface area contributed by atoms with Gasteiger partial charge in [0.2, 0.25) is 5.88 Å². The van der Waals surface area contributed by atoms with E-state index >= 15 is 0 Å². The van der Waals surface area contributed by atoms with Crippen LogP contribution >= 0.6 is 0 Å². The zero-order valence-corrected chi connectivity index (χ0v) is 10.6. The first kappa shape index (κ1) is 13.5. The normalized spacial score (nSPS) is 11.8. The number of rotatable bonds is 7. The fourth-order valence-electron chi connectivity index (χ4n) is 1.66. The molecule has 1 aromatic heterocycles. The number of ether oxygens (including phenoxy) is 1. The summed E-state index contributed by atoms with van der Waals surface area (Å²) in [6, 6.07) is 7.29. The average molecular weight is 232 g/mol. The summed E-state index contributed by atoms with van der Waals surface area (Å²) in [5.74, 6) is 1.14. The van der Waals surface area contributed by atoms with Crippen molar-refractivity contribution in [1.29, 1.82) is 5.26 Å². The zero-order valence-electron chi connectivity index (χ0n) is 10.6. The Hall–Kier alpha value is -1.56. The van der Waals surface area contributed by atoms with Crippen LogP contribution in [0.25, 0.3) is 0 Å². The fraction of sp³-hybridized carbons (Fsp3) is 0.571. The number of nitrogens with zero attached hydrogens (tertiary/aromatic N) is 2. The first-order valence-electron chi connectivity index (χ1n) is 6.30. The van der Waals surface area contributed by atoms with Crippen molar-refractivity contribution in [3.63, 3.8) is 0 Å². The van der Waals surface area contributed by atoms with Crippen LogP contribution in [0.4, 0.5) is 0 Å². The number of pyridine rings is 1. The molecule has 0 N–H and O–H groups in total. The summed E-state index contributed by atoms with van der Waals surface area (Å²) < 4.78 is 5.64. The molecule has 0 saturated heterocycles. The Labute approximate surface area is 103 Å². The van der Waals surface area contributed by atoms with Crippen LogP contribution in [-0.4, -0.2) is 11.6 Å². The van der Waals surface area contributed by atoms with Crippen LogP contribution in [0.5, 0.6) is 5.88 Å². The van der Waals surface area contributed by atoms with Gasteiger partial charge in [-0.15, -0.1) is 0 Å². The maximum absolute atomic E-state index is 8.73. The Kier molecular flexibility index (Phi) is 6.09. The minimum atomic E-state index is 0.407. The second-order valence-corrected chi connectivity index (χ2v) is 4.20. The van der Waals surface area contributed by atoms with Crippen LogP contribution in [0.3, 0.4) is 0 Å². The Morgan fingerprint density at radius 1 is 1.41 bits per heavy atom. The molecule has 0 spiro atoms. The summed E-state index contributed by atoms with van der Waals surface area (Å²) in [6.07, 6.45) is 4.79. The number of nitriles is 1. The van der Waals surface area contributed by atoms with E-state index in [9.17, 15) is 0 Å². The van der Waals surface area contributed by atoms with Crippen molar-refractivity contribution in [3.8, 4) is 11.9 Å². The number of hydrogen-bond acceptors (Lipinski definition) is 3. The predicted octanol–water partition coefficient (Wildman–Crippen LogP) is 3.55. The molecule has 0 amide bonds. The Morgan fingerprint density at radius 3 is 2.88 bits per heavy atom. The van der Waals surface area contributed by atoms with Gasteiger partial charge in [0, 0.05) is 6.07 Å². The summed E-state index contributed by atoms with van der Waals surface area (Å²) in [5.41, 5.74) is 0.407. The van der Waals surface area contributed by atoms with E-state index in [1.807, 2.05) is 6.07 Å². The minimum absolute atomic E-state index is 0.407. The second kappa shape index (κ2) is 7.67. The van der Waals surface area contributed by atoms with E-state index in [0.29, 0.717) is 24.1 Å². The van der Waals surface area contributed by atoms with Gasteiger partial charge >= 0.3 is 0 Å². The molecule has 0 aromatic carbocycles. The Morgan fingerprint density at radius 2 is 2.24 bits per heavy atom. The average Bonchev–Trinajstić information content (AvgIpc) is 2.39. The van der Waals surface area contributed by atoms with Crippen molar-refractivity contribution in [2.24, 2.45) is 5.92 Å². The monoisotopic (exact) mass is 232 g/mol. The van der Waals surface area contributed by atoms with E-state index in [1.165, 1.54) is 19.3 Å². The quantitative estimate of drug-likeness (QED) is 0.722. The Bertz CT molecular complexity index is 371. The molecule has 0 fully saturated rings. The van der Waals surface area contributed by atoms with Crippen LogP contribution in [-0.2, 0) is 0 Å². The highest BCUT2D eigenvalue weighted by Gasteiger charge is 2.07. The molecule has 17 heavy (non-hydrogen) atoms. The molecular formula is C14H20N2O. The van der Waals surface area contributed by atoms with Gasteiger partial charge in [0.05, 0.1) is 6.61 Å². The molecule has 1 atom stereocenters. The molecule has 3 nitrogen and oxygen atoms in total. The van der Waals surface area contributed by atoms with Gasteiger partial charge in [-0.05, 0) is 18.4 Å². The highest BCUT2D eigenvalue weighted by Crippen LogP contribution is 2.15. The van der Waals surface area contributed by atoms with E-state index in [-0.39, 0.29) is 0 Å². The minimum Gasteiger partial charge on any atom is -0.477 e. The molecule has 1 unspecified atom stereocenters. The highest BCUT2D eigenvalue weighted by molar-refractivity contribution is 5.24. The summed E-state index contributed by atoms with van der Waals surface area (Å²) in [5, 5.41) is 8.73. The van der Waals surface area contributed by atoms with E-state index in [2.05, 4.69) is 18.8 Å². The predicted molar refractivity (Wildman–Crippen MR) is 67.8 cm³/mol. The number of hydrogen-bond donors (Lipinski definition) is 0. The third-order valence-electron chi connectivity index (χ3n) is 2.85. The fourth-order valence-corrected chi connectivity index (χ4v) is 1.66. The molecule has 0 aliphatic rings. The van der Waals surface area contributed by atoms with Gasteiger partial charge in [-0.25, -0.2) is 4.98 Å². The lowest BCUT2D eigenvalue weighted by molar-refractivity contribution is 0.226. The molecule has 1 heterocycles. The van der Waals surface area contributed by atoms with E-state index in [1.54, 1.807) is 18.2 Å². The molecular weight excluding hydrogens is 212 g/mol. The SMILES string of the molecule is CCCCC(CC)COc1cccc(C#N)n1. The van der Waals surface area contributed by atoms with E-state index in [4.69, 9.17) is 10.00 Å². The van der Waals surface area contributed by atoms with Crippen molar-refractivity contribution < 1.29 is 4.74 Å². The topological polar surface area (TPSA) is 45.9 Å². The molecule has 0 aliphatic heterocycles. The largest absolute Gasteiger partial charge is 0.477 e. The van der Waals surface area contributed by atoms with E-state index in [0.717, 1.165) is 6.42 Å². The molecule has 0 radical (unpaired) electrons. The first-order valence-corrected chi connectivity index (χ1v) is 6.30. The molecule has 0 aliphatic carbocycles. The lowest BCUT2D eigenvalue weighted by Crippen LogP contribution is -2.12. The maximum Gasteiger partial charge on any atom is 0.214 e. The summed E-state index contributed by atoms with van der Waals surface area (Å²) in [7, 11) is 0. The number of aromatic nitrogens is 1. The molecule has 92 valence electrons. The zero-order chi connectivity index (χ0) is 12.5. The molecule has 1 rings (SSSR count). The van der Waals surface area contributed by atoms with Gasteiger partial charge < -0.3 is 4.74 Å². The van der Waals surface area contributed by atoms with Crippen LogP contribution in [0.2, 0.25) is 0 Å². The third-order valence-corrected chi connectivity index (χ3v) is 2.85. The highest BCUT2D eigenvalue weighted by atomic mass is 16.5. The smallest absolute Gasteiger partial charge is 0.214 e. The Balaban J connectivity index is 2.45. The lowest BCUT2D eigenvalue weighted by atomic mass is 10.0. The van der Waals surface area contributed by atoms with Gasteiger partial charge in [-0.1, -0.05) is 39.2 Å². The van der Waals surface area contributed by atoms with Crippen molar-refractivity contribution in [2.75, 3.05) is 6.61 Å². The summed E-state index contributed by atoms with van der Waals surface area (Å²) >= 11 is 0. The molecule has 1 aromatic rings. The van der Waals surface area contributed by atoms with Gasteiger partial charge in [-0.3, -0.25) is 0 Å². The van der Waals surface area contributed by atoms with Crippen molar-refractivity contribution in [2.45, 2.75) is 39.5 Å². The van der Waals surface area contributed by atoms with Crippen LogP contribution in [0.15, 0.2) is 18.2 Å². The van der Waals surface area contributed by atoms with Crippen LogP contribution in [0, 0.1) is 17.2 Å². The van der Waals surface area contributed by atoms with Gasteiger partial charge in [0.25, 0.3) is 0 Å². The third kappa shape index (κ3) is 4.86. The standard InChI is InChI=1S/C14H20N2O/c1-3-5-7-12(4-2)11-17-14-9-6-8-13(10-15)16-14/h6,8-9,12H,3-5,7,11H2,1-2H3. The summed E-state index contributed by atoms with van der Waals surface area (Å²) in [4.78, 5) is 4.09.